The third-order valence-electron chi connectivity index (χ3n) is 6.44. The smallest absolute Gasteiger partial charge is 0.345 e. The first-order valence-corrected chi connectivity index (χ1v) is 12.0. The molecular weight excluding hydrogens is 484 g/mol. The number of halogens is 4. The minimum atomic E-state index is -4.43. The lowest BCUT2D eigenvalue weighted by molar-refractivity contribution is -0.137. The van der Waals surface area contributed by atoms with Gasteiger partial charge >= 0.3 is 6.18 Å². The van der Waals surface area contributed by atoms with Gasteiger partial charge < -0.3 is 15.1 Å². The van der Waals surface area contributed by atoms with E-state index in [-0.39, 0.29) is 13.1 Å². The molecule has 0 unspecified atom stereocenters. The van der Waals surface area contributed by atoms with Crippen molar-refractivity contribution in [3.05, 3.63) is 95.8 Å². The predicted octanol–water partition coefficient (Wildman–Crippen LogP) is 5.61. The molecule has 0 spiro atoms. The van der Waals surface area contributed by atoms with Gasteiger partial charge in [-0.25, -0.2) is 4.39 Å². The van der Waals surface area contributed by atoms with Crippen LogP contribution >= 0.6 is 0 Å². The van der Waals surface area contributed by atoms with Crippen LogP contribution in [0.3, 0.4) is 0 Å². The lowest BCUT2D eigenvalue weighted by Crippen LogP contribution is -2.52. The van der Waals surface area contributed by atoms with Crippen LogP contribution in [0.5, 0.6) is 0 Å². The first-order valence-electron chi connectivity index (χ1n) is 12.0. The normalized spacial score (nSPS) is 18.1. The number of aromatic nitrogens is 1. The number of pyridine rings is 1. The molecule has 5 nitrogen and oxygen atoms in total. The van der Waals surface area contributed by atoms with Gasteiger partial charge in [0.15, 0.2) is 0 Å². The third-order valence-corrected chi connectivity index (χ3v) is 6.44. The number of alkyl halides is 4. The number of nitrogens with zero attached hydrogens (tertiary/aromatic N) is 3. The molecule has 37 heavy (non-hydrogen) atoms. The highest BCUT2D eigenvalue weighted by Gasteiger charge is 2.32. The molecule has 0 saturated carbocycles. The molecule has 1 fully saturated rings. The second kappa shape index (κ2) is 11.6. The lowest BCUT2D eigenvalue weighted by atomic mass is 10.0. The van der Waals surface area contributed by atoms with Crippen molar-refractivity contribution in [1.29, 1.82) is 0 Å². The van der Waals surface area contributed by atoms with E-state index in [1.165, 1.54) is 29.2 Å². The summed E-state index contributed by atoms with van der Waals surface area (Å²) in [5, 5.41) is 3.00. The van der Waals surface area contributed by atoms with Gasteiger partial charge in [-0.1, -0.05) is 24.3 Å². The highest BCUT2D eigenvalue weighted by Crippen LogP contribution is 2.29. The molecular formula is C28H28F4N4O. The molecule has 1 amide bonds. The van der Waals surface area contributed by atoms with Crippen LogP contribution in [-0.2, 0) is 17.5 Å². The number of anilines is 2. The Bertz CT molecular complexity index is 1200. The number of amides is 1. The summed E-state index contributed by atoms with van der Waals surface area (Å²) in [4.78, 5) is 20.8. The number of hydrogen-bond acceptors (Lipinski definition) is 4. The van der Waals surface area contributed by atoms with Crippen molar-refractivity contribution in [2.24, 2.45) is 0 Å². The fraction of sp³-hybridized carbons (Fsp3) is 0.286. The van der Waals surface area contributed by atoms with Crippen molar-refractivity contribution in [1.82, 2.24) is 15.2 Å². The van der Waals surface area contributed by atoms with E-state index in [1.54, 1.807) is 12.4 Å². The van der Waals surface area contributed by atoms with E-state index in [2.05, 4.69) is 10.3 Å². The number of nitrogens with one attached hydrogen (secondary N) is 1. The SMILES string of the molecule is CN(c1ccncc1)c1ccc(CN(C(=O)/C=C/c2ccc(C(F)(F)F)cc2)[C@@H]2CCNC[C@H]2F)cc1. The highest BCUT2D eigenvalue weighted by atomic mass is 19.4. The minimum absolute atomic E-state index is 0.159. The topological polar surface area (TPSA) is 48.5 Å². The molecule has 1 aliphatic heterocycles. The molecule has 0 aliphatic carbocycles. The predicted molar refractivity (Wildman–Crippen MR) is 136 cm³/mol. The summed E-state index contributed by atoms with van der Waals surface area (Å²) in [5.41, 5.74) is 2.45. The molecule has 0 bridgehead atoms. The average Bonchev–Trinajstić information content (AvgIpc) is 2.91. The van der Waals surface area contributed by atoms with Crippen LogP contribution in [0.2, 0.25) is 0 Å². The van der Waals surface area contributed by atoms with E-state index in [0.717, 1.165) is 29.1 Å². The van der Waals surface area contributed by atoms with Gasteiger partial charge in [-0.3, -0.25) is 9.78 Å². The van der Waals surface area contributed by atoms with Crippen LogP contribution in [0.4, 0.5) is 28.9 Å². The molecule has 194 valence electrons. The zero-order valence-corrected chi connectivity index (χ0v) is 20.3. The number of benzene rings is 2. The first-order chi connectivity index (χ1) is 17.7. The van der Waals surface area contributed by atoms with Crippen molar-refractivity contribution in [3.63, 3.8) is 0 Å². The highest BCUT2D eigenvalue weighted by molar-refractivity contribution is 5.92. The fourth-order valence-electron chi connectivity index (χ4n) is 4.30. The molecule has 2 heterocycles. The van der Waals surface area contributed by atoms with Gasteiger partial charge in [0.25, 0.3) is 0 Å². The largest absolute Gasteiger partial charge is 0.416 e. The Morgan fingerprint density at radius 3 is 2.30 bits per heavy atom. The number of piperidine rings is 1. The number of hydrogen-bond donors (Lipinski definition) is 1. The Kier molecular flexibility index (Phi) is 8.23. The van der Waals surface area contributed by atoms with Crippen LogP contribution in [0, 0.1) is 0 Å². The van der Waals surface area contributed by atoms with Gasteiger partial charge in [0, 0.05) is 50.0 Å². The Balaban J connectivity index is 1.51. The molecule has 3 aromatic rings. The summed E-state index contributed by atoms with van der Waals surface area (Å²) in [6.07, 6.45) is 0.989. The van der Waals surface area contributed by atoms with Crippen molar-refractivity contribution >= 4 is 23.4 Å². The van der Waals surface area contributed by atoms with Crippen LogP contribution in [0.1, 0.15) is 23.1 Å². The van der Waals surface area contributed by atoms with E-state index < -0.39 is 29.9 Å². The number of carbonyl (C=O) groups excluding carboxylic acids is 1. The maximum Gasteiger partial charge on any atom is 0.416 e. The van der Waals surface area contributed by atoms with E-state index >= 15 is 0 Å². The van der Waals surface area contributed by atoms with Crippen LogP contribution < -0.4 is 10.2 Å². The zero-order valence-electron chi connectivity index (χ0n) is 20.3. The summed E-state index contributed by atoms with van der Waals surface area (Å²) in [6.45, 7) is 0.959. The summed E-state index contributed by atoms with van der Waals surface area (Å²) in [6, 6.07) is 15.4. The van der Waals surface area contributed by atoms with Gasteiger partial charge in [0.05, 0.1) is 11.6 Å². The van der Waals surface area contributed by atoms with Crippen LogP contribution in [0.15, 0.2) is 79.1 Å². The maximum atomic E-state index is 14.8. The molecule has 0 radical (unpaired) electrons. The van der Waals surface area contributed by atoms with Crippen molar-refractivity contribution < 1.29 is 22.4 Å². The number of carbonyl (C=O) groups is 1. The molecule has 1 N–H and O–H groups in total. The van der Waals surface area contributed by atoms with Gasteiger partial charge in [0.1, 0.15) is 6.17 Å². The second-order valence-electron chi connectivity index (χ2n) is 8.93. The molecule has 4 rings (SSSR count). The van der Waals surface area contributed by atoms with Crippen molar-refractivity contribution in [3.8, 4) is 0 Å². The van der Waals surface area contributed by atoms with Gasteiger partial charge in [-0.05, 0) is 66.6 Å². The fourth-order valence-corrected chi connectivity index (χ4v) is 4.30. The van der Waals surface area contributed by atoms with Gasteiger partial charge in [0.2, 0.25) is 5.91 Å². The molecule has 9 heteroatoms. The average molecular weight is 513 g/mol. The molecule has 1 saturated heterocycles. The maximum absolute atomic E-state index is 14.8. The summed E-state index contributed by atoms with van der Waals surface area (Å²) >= 11 is 0. The van der Waals surface area contributed by atoms with Gasteiger partial charge in [-0.2, -0.15) is 13.2 Å². The summed E-state index contributed by atoms with van der Waals surface area (Å²) in [7, 11) is 1.94. The van der Waals surface area contributed by atoms with E-state index in [9.17, 15) is 22.4 Å². The Morgan fingerprint density at radius 2 is 1.68 bits per heavy atom. The molecule has 1 aromatic heterocycles. The Labute approximate surface area is 213 Å². The van der Waals surface area contributed by atoms with E-state index in [1.807, 2.05) is 48.3 Å². The lowest BCUT2D eigenvalue weighted by Gasteiger charge is -2.36. The Hall–Kier alpha value is -3.72. The van der Waals surface area contributed by atoms with E-state index in [0.29, 0.717) is 18.5 Å². The monoisotopic (exact) mass is 512 g/mol. The second-order valence-corrected chi connectivity index (χ2v) is 8.93. The quantitative estimate of drug-likeness (QED) is 0.330. The van der Waals surface area contributed by atoms with E-state index in [4.69, 9.17) is 0 Å². The zero-order chi connectivity index (χ0) is 26.4. The standard InChI is InChI=1S/C28H28F4N4O/c1-35(24-12-15-33-16-13-24)23-9-4-21(5-10-23)19-36(26-14-17-34-18-25(26)29)27(37)11-6-20-2-7-22(8-3-20)28(30,31)32/h2-13,15-16,25-26,34H,14,17-19H2,1H3/b11-6+/t25-,26-/m1/s1. The third kappa shape index (κ3) is 6.74. The van der Waals surface area contributed by atoms with Gasteiger partial charge in [-0.15, -0.1) is 0 Å². The Morgan fingerprint density at radius 1 is 1.03 bits per heavy atom. The molecule has 2 aromatic carbocycles. The van der Waals surface area contributed by atoms with Crippen molar-refractivity contribution in [2.45, 2.75) is 31.4 Å². The van der Waals surface area contributed by atoms with Crippen LogP contribution in [0.25, 0.3) is 6.08 Å². The van der Waals surface area contributed by atoms with Crippen LogP contribution in [-0.4, -0.2) is 48.1 Å². The summed E-state index contributed by atoms with van der Waals surface area (Å²) in [5.74, 6) is -0.396. The number of rotatable bonds is 7. The summed E-state index contributed by atoms with van der Waals surface area (Å²) < 4.78 is 53.3. The minimum Gasteiger partial charge on any atom is -0.345 e. The first kappa shape index (κ1) is 26.3. The molecule has 2 atom stereocenters. The molecule has 1 aliphatic rings. The van der Waals surface area contributed by atoms with Crippen molar-refractivity contribution in [2.75, 3.05) is 25.0 Å².